The van der Waals surface area contributed by atoms with E-state index in [9.17, 15) is 4.79 Å². The molecule has 112 valence electrons. The summed E-state index contributed by atoms with van der Waals surface area (Å²) >= 11 is 0. The second-order valence-corrected chi connectivity index (χ2v) is 5.68. The minimum atomic E-state index is 0.0322. The number of nitrogens with two attached hydrogens (primary N) is 1. The van der Waals surface area contributed by atoms with Crippen LogP contribution in [0, 0.1) is 0 Å². The van der Waals surface area contributed by atoms with E-state index in [1.807, 2.05) is 16.7 Å². The molecule has 0 amide bonds. The van der Waals surface area contributed by atoms with Gasteiger partial charge < -0.3 is 10.3 Å². The maximum Gasteiger partial charge on any atom is 0.255 e. The zero-order valence-corrected chi connectivity index (χ0v) is 13.1. The van der Waals surface area contributed by atoms with E-state index >= 15 is 0 Å². The molecule has 2 aromatic rings. The quantitative estimate of drug-likeness (QED) is 0.913. The number of aromatic nitrogens is 1. The van der Waals surface area contributed by atoms with E-state index in [1.165, 1.54) is 5.56 Å². The molecule has 0 saturated carbocycles. The highest BCUT2D eigenvalue weighted by Crippen LogP contribution is 2.22. The molecule has 0 unspecified atom stereocenters. The van der Waals surface area contributed by atoms with Crippen LogP contribution in [0.15, 0.2) is 41.2 Å². The highest BCUT2D eigenvalue weighted by atomic mass is 16.1. The van der Waals surface area contributed by atoms with Crippen molar-refractivity contribution < 1.29 is 0 Å². The second-order valence-electron chi connectivity index (χ2n) is 5.68. The topological polar surface area (TPSA) is 48.0 Å². The Morgan fingerprint density at radius 1 is 1.10 bits per heavy atom. The van der Waals surface area contributed by atoms with Crippen molar-refractivity contribution >= 4 is 0 Å². The molecule has 3 nitrogen and oxygen atoms in total. The summed E-state index contributed by atoms with van der Waals surface area (Å²) in [6.45, 7) is 7.44. The van der Waals surface area contributed by atoms with Crippen LogP contribution in [0.25, 0.3) is 11.3 Å². The zero-order valence-electron chi connectivity index (χ0n) is 13.1. The molecule has 0 spiro atoms. The molecule has 0 atom stereocenters. The fourth-order valence-electron chi connectivity index (χ4n) is 2.52. The minimum Gasteiger partial charge on any atom is -0.326 e. The van der Waals surface area contributed by atoms with E-state index in [0.717, 1.165) is 17.7 Å². The lowest BCUT2D eigenvalue weighted by atomic mass is 10.0. The number of pyridine rings is 1. The normalized spacial score (nSPS) is 11.1. The van der Waals surface area contributed by atoms with Gasteiger partial charge in [-0.15, -0.1) is 0 Å². The van der Waals surface area contributed by atoms with Crippen LogP contribution in [0.4, 0.5) is 0 Å². The molecule has 2 rings (SSSR count). The smallest absolute Gasteiger partial charge is 0.255 e. The summed E-state index contributed by atoms with van der Waals surface area (Å²) in [7, 11) is 0. The van der Waals surface area contributed by atoms with Crippen LogP contribution in [-0.4, -0.2) is 4.57 Å². The Kier molecular flexibility index (Phi) is 4.97. The van der Waals surface area contributed by atoms with Gasteiger partial charge in [0.05, 0.1) is 5.69 Å². The molecular formula is C18H24N2O. The Bertz CT molecular complexity index is 654. The molecule has 1 aromatic carbocycles. The lowest BCUT2D eigenvalue weighted by Crippen LogP contribution is -2.26. The average Bonchev–Trinajstić information content (AvgIpc) is 2.49. The maximum absolute atomic E-state index is 12.4. The van der Waals surface area contributed by atoms with Crippen LogP contribution in [0.1, 0.15) is 44.2 Å². The first-order chi connectivity index (χ1) is 10.1. The van der Waals surface area contributed by atoms with Gasteiger partial charge in [0.1, 0.15) is 0 Å². The standard InChI is InChI=1S/C18H24N2O/c1-4-11-20-17(10-9-16(12-19)18(20)21)15-7-5-14(6-8-15)13(2)3/h5-10,13H,4,11-12,19H2,1-3H3. The largest absolute Gasteiger partial charge is 0.326 e. The average molecular weight is 284 g/mol. The molecule has 2 N–H and O–H groups in total. The predicted octanol–water partition coefficient (Wildman–Crippen LogP) is 3.51. The van der Waals surface area contributed by atoms with Gasteiger partial charge in [-0.05, 0) is 29.5 Å². The van der Waals surface area contributed by atoms with Crippen molar-refractivity contribution in [3.8, 4) is 11.3 Å². The number of benzene rings is 1. The van der Waals surface area contributed by atoms with E-state index in [2.05, 4.69) is 45.0 Å². The molecule has 3 heteroatoms. The fraction of sp³-hybridized carbons (Fsp3) is 0.389. The molecule has 1 heterocycles. The van der Waals surface area contributed by atoms with Crippen LogP contribution in [0.2, 0.25) is 0 Å². The van der Waals surface area contributed by atoms with E-state index in [1.54, 1.807) is 0 Å². The van der Waals surface area contributed by atoms with Crippen molar-refractivity contribution in [3.63, 3.8) is 0 Å². The lowest BCUT2D eigenvalue weighted by Gasteiger charge is -2.14. The third-order valence-corrected chi connectivity index (χ3v) is 3.79. The number of nitrogens with zero attached hydrogens (tertiary/aromatic N) is 1. The third-order valence-electron chi connectivity index (χ3n) is 3.79. The molecule has 0 aliphatic carbocycles. The van der Waals surface area contributed by atoms with Crippen molar-refractivity contribution in [1.29, 1.82) is 0 Å². The van der Waals surface area contributed by atoms with Crippen LogP contribution >= 0.6 is 0 Å². The fourth-order valence-corrected chi connectivity index (χ4v) is 2.52. The molecule has 0 aliphatic rings. The van der Waals surface area contributed by atoms with Gasteiger partial charge in [0.15, 0.2) is 0 Å². The summed E-state index contributed by atoms with van der Waals surface area (Å²) in [5, 5.41) is 0. The molecule has 0 fully saturated rings. The third kappa shape index (κ3) is 3.24. The maximum atomic E-state index is 12.4. The van der Waals surface area contributed by atoms with Crippen molar-refractivity contribution in [2.75, 3.05) is 0 Å². The predicted molar refractivity (Wildman–Crippen MR) is 88.4 cm³/mol. The van der Waals surface area contributed by atoms with E-state index in [4.69, 9.17) is 5.73 Å². The van der Waals surface area contributed by atoms with Crippen LogP contribution in [-0.2, 0) is 13.1 Å². The summed E-state index contributed by atoms with van der Waals surface area (Å²) in [6, 6.07) is 12.3. The molecular weight excluding hydrogens is 260 g/mol. The van der Waals surface area contributed by atoms with Crippen molar-refractivity contribution in [2.24, 2.45) is 5.73 Å². The van der Waals surface area contributed by atoms with Crippen LogP contribution in [0.5, 0.6) is 0 Å². The summed E-state index contributed by atoms with van der Waals surface area (Å²) in [6.07, 6.45) is 0.922. The summed E-state index contributed by atoms with van der Waals surface area (Å²) in [4.78, 5) is 12.4. The molecule has 21 heavy (non-hydrogen) atoms. The Labute approximate surface area is 126 Å². The first-order valence-electron chi connectivity index (χ1n) is 7.61. The highest BCUT2D eigenvalue weighted by Gasteiger charge is 2.09. The second kappa shape index (κ2) is 6.72. The van der Waals surface area contributed by atoms with Gasteiger partial charge in [-0.3, -0.25) is 4.79 Å². The van der Waals surface area contributed by atoms with Crippen molar-refractivity contribution in [3.05, 3.63) is 57.9 Å². The lowest BCUT2D eigenvalue weighted by molar-refractivity contribution is 0.653. The van der Waals surface area contributed by atoms with Gasteiger partial charge in [0, 0.05) is 18.7 Å². The van der Waals surface area contributed by atoms with Gasteiger partial charge in [-0.1, -0.05) is 51.1 Å². The van der Waals surface area contributed by atoms with E-state index in [0.29, 0.717) is 18.0 Å². The Morgan fingerprint density at radius 3 is 2.29 bits per heavy atom. The molecule has 0 radical (unpaired) electrons. The monoisotopic (exact) mass is 284 g/mol. The van der Waals surface area contributed by atoms with Gasteiger partial charge in [-0.2, -0.15) is 0 Å². The van der Waals surface area contributed by atoms with E-state index in [-0.39, 0.29) is 12.1 Å². The molecule has 0 bridgehead atoms. The highest BCUT2D eigenvalue weighted by molar-refractivity contribution is 5.60. The van der Waals surface area contributed by atoms with E-state index < -0.39 is 0 Å². The molecule has 0 aliphatic heterocycles. The van der Waals surface area contributed by atoms with Crippen molar-refractivity contribution in [1.82, 2.24) is 4.57 Å². The number of hydrogen-bond donors (Lipinski definition) is 1. The van der Waals surface area contributed by atoms with Gasteiger partial charge >= 0.3 is 0 Å². The Morgan fingerprint density at radius 2 is 1.76 bits per heavy atom. The van der Waals surface area contributed by atoms with Gasteiger partial charge in [-0.25, -0.2) is 0 Å². The molecule has 1 aromatic heterocycles. The first-order valence-corrected chi connectivity index (χ1v) is 7.61. The first kappa shape index (κ1) is 15.5. The zero-order chi connectivity index (χ0) is 15.4. The van der Waals surface area contributed by atoms with Gasteiger partial charge in [0.25, 0.3) is 5.56 Å². The Hall–Kier alpha value is -1.87. The van der Waals surface area contributed by atoms with Gasteiger partial charge in [0.2, 0.25) is 0 Å². The van der Waals surface area contributed by atoms with Crippen molar-refractivity contribution in [2.45, 2.75) is 46.2 Å². The number of rotatable bonds is 5. The van der Waals surface area contributed by atoms with Crippen LogP contribution in [0.3, 0.4) is 0 Å². The Balaban J connectivity index is 2.52. The van der Waals surface area contributed by atoms with Crippen LogP contribution < -0.4 is 11.3 Å². The molecule has 0 saturated heterocycles. The summed E-state index contributed by atoms with van der Waals surface area (Å²) < 4.78 is 1.84. The number of hydrogen-bond acceptors (Lipinski definition) is 2. The minimum absolute atomic E-state index is 0.0322. The summed E-state index contributed by atoms with van der Waals surface area (Å²) in [5.74, 6) is 0.511. The SMILES string of the molecule is CCCn1c(-c2ccc(C(C)C)cc2)ccc(CN)c1=O. The summed E-state index contributed by atoms with van der Waals surface area (Å²) in [5.41, 5.74) is 9.70.